The summed E-state index contributed by atoms with van der Waals surface area (Å²) in [6.45, 7) is 1.61. The van der Waals surface area contributed by atoms with Gasteiger partial charge in [-0.05, 0) is 42.8 Å². The Labute approximate surface area is 122 Å². The third-order valence-electron chi connectivity index (χ3n) is 2.94. The van der Waals surface area contributed by atoms with Crippen molar-refractivity contribution in [1.82, 2.24) is 0 Å². The molecule has 2 aromatic rings. The second-order valence-electron chi connectivity index (χ2n) is 4.47. The lowest BCUT2D eigenvalue weighted by atomic mass is 10.2. The first-order valence-corrected chi connectivity index (χ1v) is 7.54. The first-order valence-electron chi connectivity index (χ1n) is 6.06. The van der Waals surface area contributed by atoms with Crippen molar-refractivity contribution in [3.05, 3.63) is 47.8 Å². The van der Waals surface area contributed by atoms with Crippen LogP contribution in [0.15, 0.2) is 41.3 Å². The number of halogens is 1. The number of rotatable bonds is 4. The van der Waals surface area contributed by atoms with Gasteiger partial charge in [-0.3, -0.25) is 4.72 Å². The summed E-state index contributed by atoms with van der Waals surface area (Å²) in [5.74, 6) is 0.0313. The number of anilines is 2. The van der Waals surface area contributed by atoms with Crippen molar-refractivity contribution >= 4 is 21.4 Å². The first kappa shape index (κ1) is 15.1. The second kappa shape index (κ2) is 5.61. The Balaban J connectivity index is 2.38. The van der Waals surface area contributed by atoms with E-state index in [1.54, 1.807) is 6.92 Å². The van der Waals surface area contributed by atoms with Crippen LogP contribution in [0.4, 0.5) is 15.8 Å². The van der Waals surface area contributed by atoms with Crippen LogP contribution >= 0.6 is 0 Å². The molecule has 5 nitrogen and oxygen atoms in total. The average Bonchev–Trinajstić information content (AvgIpc) is 2.41. The van der Waals surface area contributed by atoms with E-state index in [1.807, 2.05) is 0 Å². The van der Waals surface area contributed by atoms with Crippen LogP contribution < -0.4 is 15.2 Å². The van der Waals surface area contributed by atoms with Crippen molar-refractivity contribution in [1.29, 1.82) is 0 Å². The minimum absolute atomic E-state index is 0.0629. The maximum absolute atomic E-state index is 13.0. The Bertz CT molecular complexity index is 776. The van der Waals surface area contributed by atoms with Crippen molar-refractivity contribution in [3.8, 4) is 5.75 Å². The molecule has 21 heavy (non-hydrogen) atoms. The minimum atomic E-state index is -3.86. The van der Waals surface area contributed by atoms with Crippen LogP contribution in [-0.2, 0) is 10.0 Å². The Morgan fingerprint density at radius 2 is 1.90 bits per heavy atom. The van der Waals surface area contributed by atoms with Crippen LogP contribution in [0.25, 0.3) is 0 Å². The summed E-state index contributed by atoms with van der Waals surface area (Å²) in [5.41, 5.74) is 6.59. The number of hydrogen-bond donors (Lipinski definition) is 2. The molecule has 0 atom stereocenters. The van der Waals surface area contributed by atoms with Crippen LogP contribution in [0.1, 0.15) is 5.56 Å². The van der Waals surface area contributed by atoms with Gasteiger partial charge in [0.2, 0.25) is 0 Å². The second-order valence-corrected chi connectivity index (χ2v) is 6.12. The quantitative estimate of drug-likeness (QED) is 0.850. The zero-order valence-electron chi connectivity index (χ0n) is 11.6. The SMILES string of the molecule is COc1ccc(S(=O)(=O)Nc2ccc(F)cc2C)c(N)c1. The fourth-order valence-electron chi connectivity index (χ4n) is 1.84. The first-order chi connectivity index (χ1) is 9.83. The van der Waals surface area contributed by atoms with E-state index in [9.17, 15) is 12.8 Å². The molecule has 2 aromatic carbocycles. The van der Waals surface area contributed by atoms with Crippen molar-refractivity contribution in [3.63, 3.8) is 0 Å². The van der Waals surface area contributed by atoms with E-state index in [-0.39, 0.29) is 10.6 Å². The predicted octanol–water partition coefficient (Wildman–Crippen LogP) is 2.53. The summed E-state index contributed by atoms with van der Waals surface area (Å²) in [7, 11) is -2.40. The number of nitrogens with one attached hydrogen (secondary N) is 1. The van der Waals surface area contributed by atoms with Gasteiger partial charge in [0.25, 0.3) is 10.0 Å². The molecular weight excluding hydrogens is 295 g/mol. The van der Waals surface area contributed by atoms with Crippen molar-refractivity contribution in [2.75, 3.05) is 17.6 Å². The predicted molar refractivity (Wildman–Crippen MR) is 79.4 cm³/mol. The van der Waals surface area contributed by atoms with Crippen molar-refractivity contribution in [2.24, 2.45) is 0 Å². The summed E-state index contributed by atoms with van der Waals surface area (Å²) in [4.78, 5) is -0.0629. The molecule has 0 aliphatic rings. The molecule has 0 bridgehead atoms. The van der Waals surface area contributed by atoms with E-state index < -0.39 is 15.8 Å². The highest BCUT2D eigenvalue weighted by Crippen LogP contribution is 2.26. The summed E-state index contributed by atoms with van der Waals surface area (Å²) in [5, 5.41) is 0. The van der Waals surface area contributed by atoms with E-state index in [4.69, 9.17) is 10.5 Å². The van der Waals surface area contributed by atoms with E-state index in [1.165, 1.54) is 43.5 Å². The summed E-state index contributed by atoms with van der Waals surface area (Å²) in [6.07, 6.45) is 0. The Hall–Kier alpha value is -2.28. The highest BCUT2D eigenvalue weighted by Gasteiger charge is 2.19. The number of nitrogens with two attached hydrogens (primary N) is 1. The molecule has 0 fully saturated rings. The number of ether oxygens (including phenoxy) is 1. The van der Waals surface area contributed by atoms with Gasteiger partial charge in [0.15, 0.2) is 0 Å². The van der Waals surface area contributed by atoms with Gasteiger partial charge < -0.3 is 10.5 Å². The van der Waals surface area contributed by atoms with Crippen LogP contribution in [0, 0.1) is 12.7 Å². The lowest BCUT2D eigenvalue weighted by molar-refractivity contribution is 0.414. The van der Waals surface area contributed by atoms with Crippen LogP contribution in [0.2, 0.25) is 0 Å². The Kier molecular flexibility index (Phi) is 4.04. The lowest BCUT2D eigenvalue weighted by Gasteiger charge is -2.12. The number of sulfonamides is 1. The summed E-state index contributed by atoms with van der Waals surface area (Å²) >= 11 is 0. The molecule has 3 N–H and O–H groups in total. The normalized spacial score (nSPS) is 11.2. The molecule has 0 amide bonds. The molecule has 0 heterocycles. The monoisotopic (exact) mass is 310 g/mol. The molecule has 0 saturated carbocycles. The highest BCUT2D eigenvalue weighted by atomic mass is 32.2. The van der Waals surface area contributed by atoms with E-state index in [2.05, 4.69) is 4.72 Å². The number of aryl methyl sites for hydroxylation is 1. The zero-order valence-corrected chi connectivity index (χ0v) is 12.4. The molecule has 7 heteroatoms. The fraction of sp³-hybridized carbons (Fsp3) is 0.143. The number of hydrogen-bond acceptors (Lipinski definition) is 4. The molecule has 0 unspecified atom stereocenters. The largest absolute Gasteiger partial charge is 0.497 e. The van der Waals surface area contributed by atoms with Gasteiger partial charge in [-0.1, -0.05) is 0 Å². The van der Waals surface area contributed by atoms with Gasteiger partial charge in [0.1, 0.15) is 16.5 Å². The third kappa shape index (κ3) is 3.25. The number of nitrogen functional groups attached to an aromatic ring is 1. The average molecular weight is 310 g/mol. The number of benzene rings is 2. The molecule has 0 aliphatic heterocycles. The van der Waals surface area contributed by atoms with Gasteiger partial charge >= 0.3 is 0 Å². The van der Waals surface area contributed by atoms with Gasteiger partial charge in [0.05, 0.1) is 18.5 Å². The molecule has 0 aromatic heterocycles. The lowest BCUT2D eigenvalue weighted by Crippen LogP contribution is -2.15. The molecule has 0 saturated heterocycles. The van der Waals surface area contributed by atoms with Crippen molar-refractivity contribution in [2.45, 2.75) is 11.8 Å². The van der Waals surface area contributed by atoms with E-state index >= 15 is 0 Å². The maximum Gasteiger partial charge on any atom is 0.263 e. The van der Waals surface area contributed by atoms with Gasteiger partial charge in [0, 0.05) is 6.07 Å². The number of methoxy groups -OCH3 is 1. The molecule has 2 rings (SSSR count). The highest BCUT2D eigenvalue weighted by molar-refractivity contribution is 7.92. The fourth-order valence-corrected chi connectivity index (χ4v) is 3.08. The van der Waals surface area contributed by atoms with E-state index in [0.29, 0.717) is 17.0 Å². The molecule has 0 aliphatic carbocycles. The Morgan fingerprint density at radius 1 is 1.19 bits per heavy atom. The zero-order chi connectivity index (χ0) is 15.6. The van der Waals surface area contributed by atoms with E-state index in [0.717, 1.165) is 0 Å². The standard InChI is InChI=1S/C14H15FN2O3S/c1-9-7-10(15)3-5-13(9)17-21(18,19)14-6-4-11(20-2)8-12(14)16/h3-8,17H,16H2,1-2H3. The van der Waals surface area contributed by atoms with Gasteiger partial charge in [-0.15, -0.1) is 0 Å². The van der Waals surface area contributed by atoms with Crippen LogP contribution in [0.5, 0.6) is 5.75 Å². The third-order valence-corrected chi connectivity index (χ3v) is 4.38. The maximum atomic E-state index is 13.0. The minimum Gasteiger partial charge on any atom is -0.497 e. The molecule has 0 radical (unpaired) electrons. The smallest absolute Gasteiger partial charge is 0.263 e. The van der Waals surface area contributed by atoms with Gasteiger partial charge in [-0.2, -0.15) is 0 Å². The molecule has 112 valence electrons. The molecule has 0 spiro atoms. The van der Waals surface area contributed by atoms with Crippen LogP contribution in [-0.4, -0.2) is 15.5 Å². The summed E-state index contributed by atoms with van der Waals surface area (Å²) < 4.78 is 45.1. The topological polar surface area (TPSA) is 81.4 Å². The summed E-state index contributed by atoms with van der Waals surface area (Å²) in [6, 6.07) is 8.07. The molecular formula is C14H15FN2O3S. The van der Waals surface area contributed by atoms with Gasteiger partial charge in [-0.25, -0.2) is 12.8 Å². The Morgan fingerprint density at radius 3 is 2.48 bits per heavy atom. The van der Waals surface area contributed by atoms with Crippen molar-refractivity contribution < 1.29 is 17.5 Å². The van der Waals surface area contributed by atoms with Crippen LogP contribution in [0.3, 0.4) is 0 Å².